The predicted molar refractivity (Wildman–Crippen MR) is 223 cm³/mol. The summed E-state index contributed by atoms with van der Waals surface area (Å²) in [7, 11) is 0. The highest BCUT2D eigenvalue weighted by Crippen LogP contribution is 2.42. The standard InChI is InChI=1S/C45H53N9O5/c1-45(13-14-45)59-30-5-7-34-33(23-30)41(50-49-34)35-24-37(47-27-46-35)54-17-11-29(12-18-54)26-52-21-19-51(20-22-52)25-28-9-15-53(16-10-28)36-4-2-3-31-39(36)43(57)40(42(31)56)32-6-8-38(55)48-44(32)58/h2-5,7,23-24,27-29,32,40H,6,8-22,25-26H2,1H3,(H,49,50)(H,48,55,58). The van der Waals surface area contributed by atoms with Crippen molar-refractivity contribution >= 4 is 45.8 Å². The molecule has 6 heterocycles. The van der Waals surface area contributed by atoms with E-state index >= 15 is 0 Å². The SMILES string of the molecule is CC1(Oc2ccc3[nH]nc(-c4cc(N5CCC(CN6CCN(CC7CCN(c8cccc9c8C(=O)C(C8CCC(=O)NC8=O)C9=O)CC7)CC6)CC5)ncn4)c3c2)CC1. The molecular weight excluding hydrogens is 747 g/mol. The van der Waals surface area contributed by atoms with Crippen LogP contribution in [0.25, 0.3) is 22.3 Å². The summed E-state index contributed by atoms with van der Waals surface area (Å²) >= 11 is 0. The average Bonchev–Trinajstić information content (AvgIpc) is 3.73. The van der Waals surface area contributed by atoms with Crippen molar-refractivity contribution < 1.29 is 23.9 Å². The maximum absolute atomic E-state index is 13.7. The maximum Gasteiger partial charge on any atom is 0.230 e. The van der Waals surface area contributed by atoms with Gasteiger partial charge in [0, 0.05) is 94.6 Å². The first-order chi connectivity index (χ1) is 28.7. The molecule has 4 saturated heterocycles. The molecule has 4 aliphatic heterocycles. The molecule has 2 N–H and O–H groups in total. The van der Waals surface area contributed by atoms with Crippen LogP contribution in [-0.4, -0.2) is 124 Å². The van der Waals surface area contributed by atoms with Gasteiger partial charge < -0.3 is 24.3 Å². The van der Waals surface area contributed by atoms with Crippen molar-refractivity contribution in [1.29, 1.82) is 0 Å². The van der Waals surface area contributed by atoms with Crippen molar-refractivity contribution in [1.82, 2.24) is 35.3 Å². The van der Waals surface area contributed by atoms with E-state index in [2.05, 4.69) is 64.1 Å². The van der Waals surface area contributed by atoms with Crippen molar-refractivity contribution in [3.63, 3.8) is 0 Å². The number of amides is 2. The number of anilines is 2. The summed E-state index contributed by atoms with van der Waals surface area (Å²) in [4.78, 5) is 70.7. The van der Waals surface area contributed by atoms with Gasteiger partial charge in [-0.05, 0) is 88.0 Å². The van der Waals surface area contributed by atoms with Gasteiger partial charge in [0.2, 0.25) is 11.8 Å². The molecule has 0 bridgehead atoms. The topological polar surface area (TPSA) is 157 Å². The summed E-state index contributed by atoms with van der Waals surface area (Å²) in [5, 5.41) is 11.1. The molecule has 14 nitrogen and oxygen atoms in total. The van der Waals surface area contributed by atoms with Crippen LogP contribution >= 0.6 is 0 Å². The van der Waals surface area contributed by atoms with Gasteiger partial charge in [-0.2, -0.15) is 5.10 Å². The average molecular weight is 800 g/mol. The molecule has 0 radical (unpaired) electrons. The Kier molecular flexibility index (Phi) is 9.94. The van der Waals surface area contributed by atoms with E-state index in [1.807, 2.05) is 24.3 Å². The van der Waals surface area contributed by atoms with Crippen molar-refractivity contribution in [3.05, 3.63) is 59.9 Å². The Morgan fingerprint density at radius 2 is 1.47 bits per heavy atom. The second kappa shape index (κ2) is 15.4. The molecular formula is C45H53N9O5. The number of ketones is 2. The Morgan fingerprint density at radius 1 is 0.780 bits per heavy atom. The third kappa shape index (κ3) is 7.61. The predicted octanol–water partition coefficient (Wildman–Crippen LogP) is 4.75. The zero-order valence-corrected chi connectivity index (χ0v) is 33.8. The fourth-order valence-corrected chi connectivity index (χ4v) is 10.2. The van der Waals surface area contributed by atoms with E-state index in [1.54, 1.807) is 12.4 Å². The number of piperazine rings is 1. The van der Waals surface area contributed by atoms with Gasteiger partial charge in [0.25, 0.3) is 0 Å². The van der Waals surface area contributed by atoms with Crippen molar-refractivity contribution in [2.75, 3.05) is 75.2 Å². The lowest BCUT2D eigenvalue weighted by Crippen LogP contribution is -2.50. The van der Waals surface area contributed by atoms with Crippen LogP contribution in [0.4, 0.5) is 11.5 Å². The Labute approximate surface area is 344 Å². The number of rotatable bonds is 10. The number of hydrogen-bond acceptors (Lipinski definition) is 12. The summed E-state index contributed by atoms with van der Waals surface area (Å²) in [5.74, 6) is -0.176. The number of nitrogens with one attached hydrogen (secondary N) is 2. The molecule has 1 saturated carbocycles. The van der Waals surface area contributed by atoms with E-state index in [9.17, 15) is 19.2 Å². The monoisotopic (exact) mass is 799 g/mol. The Morgan fingerprint density at radius 3 is 2.15 bits per heavy atom. The zero-order valence-electron chi connectivity index (χ0n) is 33.8. The van der Waals surface area contributed by atoms with Gasteiger partial charge >= 0.3 is 0 Å². The first-order valence-corrected chi connectivity index (χ1v) is 21.7. The fourth-order valence-electron chi connectivity index (χ4n) is 10.2. The third-order valence-corrected chi connectivity index (χ3v) is 13.9. The molecule has 59 heavy (non-hydrogen) atoms. The lowest BCUT2D eigenvalue weighted by atomic mass is 9.82. The second-order valence-electron chi connectivity index (χ2n) is 18.0. The van der Waals surface area contributed by atoms with Crippen LogP contribution in [0.1, 0.15) is 79.0 Å². The number of benzene rings is 2. The Bertz CT molecular complexity index is 2280. The van der Waals surface area contributed by atoms with Gasteiger partial charge in [-0.25, -0.2) is 9.97 Å². The maximum atomic E-state index is 13.7. The van der Waals surface area contributed by atoms with E-state index in [4.69, 9.17) is 4.74 Å². The minimum atomic E-state index is -1.04. The van der Waals surface area contributed by atoms with Crippen LogP contribution in [0.2, 0.25) is 0 Å². The summed E-state index contributed by atoms with van der Waals surface area (Å²) in [6.07, 6.45) is 8.56. The lowest BCUT2D eigenvalue weighted by Gasteiger charge is -2.41. The molecule has 5 fully saturated rings. The number of fused-ring (bicyclic) bond motifs is 2. The highest BCUT2D eigenvalue weighted by Gasteiger charge is 2.49. The minimum absolute atomic E-state index is 0.0431. The molecule has 2 unspecified atom stereocenters. The largest absolute Gasteiger partial charge is 0.488 e. The van der Waals surface area contributed by atoms with E-state index in [0.29, 0.717) is 23.0 Å². The van der Waals surface area contributed by atoms with E-state index < -0.39 is 17.7 Å². The van der Waals surface area contributed by atoms with Crippen LogP contribution in [0, 0.1) is 23.7 Å². The first kappa shape index (κ1) is 38.0. The van der Waals surface area contributed by atoms with Crippen molar-refractivity contribution in [2.45, 2.75) is 63.9 Å². The number of carbonyl (C=O) groups excluding carboxylic acids is 4. The highest BCUT2D eigenvalue weighted by atomic mass is 16.5. The number of H-pyrrole nitrogens is 1. The number of aromatic amines is 1. The second-order valence-corrected chi connectivity index (χ2v) is 18.0. The number of imide groups is 1. The van der Waals surface area contributed by atoms with Crippen LogP contribution in [-0.2, 0) is 9.59 Å². The van der Waals surface area contributed by atoms with Crippen molar-refractivity contribution in [2.24, 2.45) is 23.7 Å². The van der Waals surface area contributed by atoms with Gasteiger partial charge in [0.05, 0.1) is 28.6 Å². The summed E-state index contributed by atoms with van der Waals surface area (Å²) in [6, 6.07) is 13.7. The Balaban J connectivity index is 0.678. The quantitative estimate of drug-likeness (QED) is 0.168. The molecule has 308 valence electrons. The number of ether oxygens (including phenoxy) is 1. The van der Waals surface area contributed by atoms with Gasteiger partial charge in [-0.3, -0.25) is 29.6 Å². The van der Waals surface area contributed by atoms with Crippen LogP contribution < -0.4 is 19.9 Å². The van der Waals surface area contributed by atoms with E-state index in [1.165, 1.54) is 0 Å². The smallest absolute Gasteiger partial charge is 0.230 e. The molecule has 2 amide bonds. The third-order valence-electron chi connectivity index (χ3n) is 13.9. The number of carbonyl (C=O) groups is 4. The van der Waals surface area contributed by atoms with E-state index in [0.717, 1.165) is 144 Å². The van der Waals surface area contributed by atoms with E-state index in [-0.39, 0.29) is 35.9 Å². The molecule has 10 rings (SSSR count). The number of aromatic nitrogens is 4. The number of piperidine rings is 3. The molecule has 2 atom stereocenters. The highest BCUT2D eigenvalue weighted by molar-refractivity contribution is 6.30. The van der Waals surface area contributed by atoms with Crippen molar-refractivity contribution in [3.8, 4) is 17.1 Å². The van der Waals surface area contributed by atoms with Gasteiger partial charge in [0.15, 0.2) is 11.6 Å². The van der Waals surface area contributed by atoms with Crippen LogP contribution in [0.5, 0.6) is 5.75 Å². The normalized spacial score (nSPS) is 24.5. The summed E-state index contributed by atoms with van der Waals surface area (Å²) < 4.78 is 6.23. The van der Waals surface area contributed by atoms with Gasteiger partial charge in [-0.1, -0.05) is 12.1 Å². The molecule has 2 aliphatic carbocycles. The molecule has 6 aliphatic rings. The lowest BCUT2D eigenvalue weighted by molar-refractivity contribution is -0.137. The molecule has 14 heteroatoms. The molecule has 0 spiro atoms. The van der Waals surface area contributed by atoms with Gasteiger partial charge in [0.1, 0.15) is 29.2 Å². The molecule has 2 aromatic carbocycles. The number of nitrogens with zero attached hydrogens (tertiary/aromatic N) is 7. The molecule has 4 aromatic rings. The van der Waals surface area contributed by atoms with Crippen LogP contribution in [0.15, 0.2) is 48.8 Å². The Hall–Kier alpha value is -5.21. The molecule has 2 aromatic heterocycles. The number of Topliss-reactive ketones (excluding diaryl/α,β-unsaturated/α-hetero) is 2. The summed E-state index contributed by atoms with van der Waals surface area (Å²) in [6.45, 7) is 12.4. The minimum Gasteiger partial charge on any atom is -0.488 e. The van der Waals surface area contributed by atoms with Crippen LogP contribution in [0.3, 0.4) is 0 Å². The fraction of sp³-hybridized carbons (Fsp3) is 0.533. The summed E-state index contributed by atoms with van der Waals surface area (Å²) in [5.41, 5.74) is 4.24. The number of hydrogen-bond donors (Lipinski definition) is 2. The first-order valence-electron chi connectivity index (χ1n) is 21.7. The van der Waals surface area contributed by atoms with Gasteiger partial charge in [-0.15, -0.1) is 0 Å². The zero-order chi connectivity index (χ0) is 40.3.